The second-order valence-electron chi connectivity index (χ2n) is 9.84. The van der Waals surface area contributed by atoms with E-state index in [9.17, 15) is 8.78 Å². The number of aromatic nitrogens is 4. The summed E-state index contributed by atoms with van der Waals surface area (Å²) in [7, 11) is 3.96. The lowest BCUT2D eigenvalue weighted by Crippen LogP contribution is -2.53. The van der Waals surface area contributed by atoms with E-state index < -0.39 is 11.6 Å². The molecule has 10 heteroatoms. The highest BCUT2D eigenvalue weighted by Gasteiger charge is 2.32. The van der Waals surface area contributed by atoms with Crippen LogP contribution in [0.4, 0.5) is 20.4 Å². The molecule has 0 spiro atoms. The van der Waals surface area contributed by atoms with E-state index in [-0.39, 0.29) is 12.0 Å². The first kappa shape index (κ1) is 24.2. The zero-order chi connectivity index (χ0) is 25.4. The number of hydrogen-bond donors (Lipinski definition) is 1. The van der Waals surface area contributed by atoms with Crippen LogP contribution in [0.15, 0.2) is 36.7 Å². The van der Waals surface area contributed by atoms with Gasteiger partial charge in [-0.15, -0.1) is 0 Å². The number of nitrogens with two attached hydrogens (primary N) is 1. The van der Waals surface area contributed by atoms with Crippen LogP contribution in [0.2, 0.25) is 0 Å². The van der Waals surface area contributed by atoms with Crippen molar-refractivity contribution in [1.82, 2.24) is 29.5 Å². The SMILES string of the molecule is Cc1c(C/C=C/N2CCN3c4cc(F)cc(F)c4CCC3C2)cnn1-c1cc(CN(C)C)nc(N)n1. The molecule has 5 rings (SSSR count). The summed E-state index contributed by atoms with van der Waals surface area (Å²) < 4.78 is 29.9. The summed E-state index contributed by atoms with van der Waals surface area (Å²) in [4.78, 5) is 15.2. The molecule has 1 fully saturated rings. The van der Waals surface area contributed by atoms with Crippen molar-refractivity contribution in [3.63, 3.8) is 0 Å². The molecule has 1 atom stereocenters. The number of halogens is 2. The van der Waals surface area contributed by atoms with E-state index in [1.165, 1.54) is 6.07 Å². The second-order valence-corrected chi connectivity index (χ2v) is 9.84. The van der Waals surface area contributed by atoms with Gasteiger partial charge in [0.1, 0.15) is 11.6 Å². The van der Waals surface area contributed by atoms with E-state index >= 15 is 0 Å². The average molecular weight is 495 g/mol. The van der Waals surface area contributed by atoms with Crippen LogP contribution in [-0.4, -0.2) is 69.3 Å². The van der Waals surface area contributed by atoms with Gasteiger partial charge in [0, 0.05) is 61.3 Å². The smallest absolute Gasteiger partial charge is 0.222 e. The topological polar surface area (TPSA) is 79.3 Å². The Morgan fingerprint density at radius 1 is 1.17 bits per heavy atom. The first-order chi connectivity index (χ1) is 17.3. The summed E-state index contributed by atoms with van der Waals surface area (Å²) in [6, 6.07) is 4.63. The fourth-order valence-electron chi connectivity index (χ4n) is 5.20. The summed E-state index contributed by atoms with van der Waals surface area (Å²) in [6.07, 6.45) is 8.38. The maximum Gasteiger partial charge on any atom is 0.222 e. The zero-order valence-electron chi connectivity index (χ0n) is 21.0. The third kappa shape index (κ3) is 4.90. The van der Waals surface area contributed by atoms with Crippen LogP contribution in [0.5, 0.6) is 0 Å². The molecular formula is C26H32F2N8. The van der Waals surface area contributed by atoms with Gasteiger partial charge in [0.15, 0.2) is 5.82 Å². The number of nitrogens with zero attached hydrogens (tertiary/aromatic N) is 7. The van der Waals surface area contributed by atoms with Gasteiger partial charge in [0.05, 0.1) is 11.9 Å². The lowest BCUT2D eigenvalue weighted by molar-refractivity contribution is 0.281. The molecule has 1 aromatic carbocycles. The highest BCUT2D eigenvalue weighted by molar-refractivity contribution is 5.58. The molecule has 0 bridgehead atoms. The fourth-order valence-corrected chi connectivity index (χ4v) is 5.20. The molecule has 0 aliphatic carbocycles. The monoisotopic (exact) mass is 494 g/mol. The van der Waals surface area contributed by atoms with Gasteiger partial charge in [-0.1, -0.05) is 6.08 Å². The van der Waals surface area contributed by atoms with E-state index in [2.05, 4.69) is 37.1 Å². The molecule has 36 heavy (non-hydrogen) atoms. The van der Waals surface area contributed by atoms with Crippen molar-refractivity contribution < 1.29 is 8.78 Å². The van der Waals surface area contributed by atoms with Gasteiger partial charge in [-0.25, -0.2) is 18.4 Å². The molecule has 2 aromatic heterocycles. The minimum atomic E-state index is -0.510. The van der Waals surface area contributed by atoms with E-state index in [1.54, 1.807) is 4.68 Å². The quantitative estimate of drug-likeness (QED) is 0.564. The third-order valence-electron chi connectivity index (χ3n) is 6.93. The van der Waals surface area contributed by atoms with Crippen molar-refractivity contribution in [1.29, 1.82) is 0 Å². The summed E-state index contributed by atoms with van der Waals surface area (Å²) in [6.45, 7) is 5.07. The number of piperazine rings is 1. The number of anilines is 2. The van der Waals surface area contributed by atoms with Gasteiger partial charge in [0.2, 0.25) is 5.95 Å². The molecule has 8 nitrogen and oxygen atoms in total. The number of hydrogen-bond acceptors (Lipinski definition) is 7. The summed E-state index contributed by atoms with van der Waals surface area (Å²) in [5.41, 5.74) is 10.3. The van der Waals surface area contributed by atoms with Crippen LogP contribution in [-0.2, 0) is 19.4 Å². The first-order valence-electron chi connectivity index (χ1n) is 12.3. The van der Waals surface area contributed by atoms with Crippen LogP contribution in [0.25, 0.3) is 5.82 Å². The zero-order valence-corrected chi connectivity index (χ0v) is 21.0. The number of fused-ring (bicyclic) bond motifs is 3. The Balaban J connectivity index is 1.24. The molecule has 2 N–H and O–H groups in total. The molecule has 0 amide bonds. The van der Waals surface area contributed by atoms with Crippen molar-refractivity contribution in [3.05, 3.63) is 70.8 Å². The molecule has 1 unspecified atom stereocenters. The van der Waals surface area contributed by atoms with Crippen molar-refractivity contribution in [2.24, 2.45) is 0 Å². The number of nitrogen functional groups attached to an aromatic ring is 1. The van der Waals surface area contributed by atoms with Gasteiger partial charge in [0.25, 0.3) is 0 Å². The maximum atomic E-state index is 14.2. The first-order valence-corrected chi connectivity index (χ1v) is 12.3. The second kappa shape index (κ2) is 9.85. The van der Waals surface area contributed by atoms with Gasteiger partial charge in [-0.3, -0.25) is 0 Å². The highest BCUT2D eigenvalue weighted by atomic mass is 19.1. The highest BCUT2D eigenvalue weighted by Crippen LogP contribution is 2.35. The van der Waals surface area contributed by atoms with Crippen LogP contribution in [0.3, 0.4) is 0 Å². The van der Waals surface area contributed by atoms with Crippen LogP contribution in [0, 0.1) is 18.6 Å². The minimum absolute atomic E-state index is 0.232. The lowest BCUT2D eigenvalue weighted by atomic mass is 9.93. The Kier molecular flexibility index (Phi) is 6.61. The summed E-state index contributed by atoms with van der Waals surface area (Å²) in [5.74, 6) is -0.0479. The van der Waals surface area contributed by atoms with Gasteiger partial charge in [-0.05, 0) is 58.1 Å². The standard InChI is InChI=1S/C26H32F2N8/c1-17-18(14-30-36(17)25-13-20(15-33(2)3)31-26(29)32-25)5-4-8-34-9-10-35-21(16-34)6-7-22-23(28)11-19(27)12-24(22)35/h4,8,11-14,21H,5-7,9-10,15-16H2,1-3H3,(H2,29,31,32)/b8-4+. The molecule has 3 aromatic rings. The van der Waals surface area contributed by atoms with E-state index in [1.807, 2.05) is 38.2 Å². The fraction of sp³-hybridized carbons (Fsp3) is 0.423. The molecule has 1 saturated heterocycles. The Bertz CT molecular complexity index is 1290. The lowest BCUT2D eigenvalue weighted by Gasteiger charge is -2.46. The number of allylic oxidation sites excluding steroid dienone is 1. The minimum Gasteiger partial charge on any atom is -0.374 e. The van der Waals surface area contributed by atoms with E-state index in [4.69, 9.17) is 5.73 Å². The van der Waals surface area contributed by atoms with Gasteiger partial charge < -0.3 is 20.4 Å². The van der Waals surface area contributed by atoms with Crippen molar-refractivity contribution in [2.75, 3.05) is 44.4 Å². The van der Waals surface area contributed by atoms with Crippen molar-refractivity contribution >= 4 is 11.6 Å². The summed E-state index contributed by atoms with van der Waals surface area (Å²) in [5, 5.41) is 4.54. The Labute approximate surface area is 210 Å². The largest absolute Gasteiger partial charge is 0.374 e. The average Bonchev–Trinajstić information content (AvgIpc) is 3.18. The number of benzene rings is 1. The molecule has 2 aliphatic rings. The Hall–Kier alpha value is -3.53. The van der Waals surface area contributed by atoms with Gasteiger partial charge in [-0.2, -0.15) is 10.1 Å². The van der Waals surface area contributed by atoms with Gasteiger partial charge >= 0.3 is 0 Å². The third-order valence-corrected chi connectivity index (χ3v) is 6.93. The molecule has 0 radical (unpaired) electrons. The molecular weight excluding hydrogens is 462 g/mol. The molecule has 0 saturated carbocycles. The van der Waals surface area contributed by atoms with Crippen molar-refractivity contribution in [3.8, 4) is 5.82 Å². The maximum absolute atomic E-state index is 14.2. The molecule has 190 valence electrons. The van der Waals surface area contributed by atoms with Crippen molar-refractivity contribution in [2.45, 2.75) is 38.8 Å². The van der Waals surface area contributed by atoms with E-state index in [0.717, 1.165) is 61.2 Å². The van der Waals surface area contributed by atoms with Crippen LogP contribution >= 0.6 is 0 Å². The normalized spacial score (nSPS) is 17.7. The predicted molar refractivity (Wildman–Crippen MR) is 136 cm³/mol. The molecule has 4 heterocycles. The Morgan fingerprint density at radius 2 is 2.00 bits per heavy atom. The van der Waals surface area contributed by atoms with Crippen LogP contribution < -0.4 is 10.6 Å². The summed E-state index contributed by atoms with van der Waals surface area (Å²) >= 11 is 0. The van der Waals surface area contributed by atoms with E-state index in [0.29, 0.717) is 24.3 Å². The van der Waals surface area contributed by atoms with Crippen LogP contribution in [0.1, 0.15) is 28.9 Å². The Morgan fingerprint density at radius 3 is 2.81 bits per heavy atom. The predicted octanol–water partition coefficient (Wildman–Crippen LogP) is 3.09. The molecule has 2 aliphatic heterocycles. The number of rotatable bonds is 6.